The minimum atomic E-state index is -0.0306. The molecular formula is C39H25NO. The summed E-state index contributed by atoms with van der Waals surface area (Å²) in [6, 6.07) is 40.4. The Morgan fingerprint density at radius 1 is 0.488 bits per heavy atom. The molecule has 2 heteroatoms. The van der Waals surface area contributed by atoms with E-state index in [0.717, 1.165) is 38.5 Å². The van der Waals surface area contributed by atoms with Gasteiger partial charge in [0.2, 0.25) is 0 Å². The molecule has 0 amide bonds. The van der Waals surface area contributed by atoms with Crippen molar-refractivity contribution >= 4 is 60.8 Å². The van der Waals surface area contributed by atoms with Crippen LogP contribution in [0.25, 0.3) is 83.0 Å². The van der Waals surface area contributed by atoms with Gasteiger partial charge in [-0.15, -0.1) is 0 Å². The quantitative estimate of drug-likeness (QED) is 0.166. The van der Waals surface area contributed by atoms with Crippen molar-refractivity contribution in [2.75, 3.05) is 0 Å². The van der Waals surface area contributed by atoms with Crippen LogP contribution in [0.1, 0.15) is 11.3 Å². The first kappa shape index (κ1) is 23.4. The molecule has 0 atom stereocenters. The predicted octanol–water partition coefficient (Wildman–Crippen LogP) is 9.97. The van der Waals surface area contributed by atoms with E-state index in [4.69, 9.17) is 0 Å². The summed E-state index contributed by atoms with van der Waals surface area (Å²) in [6.07, 6.45) is 3.62. The molecule has 0 aliphatic heterocycles. The van der Waals surface area contributed by atoms with Crippen molar-refractivity contribution < 1.29 is 0 Å². The number of aromatic nitrogens is 1. The van der Waals surface area contributed by atoms with Crippen LogP contribution in [-0.2, 0) is 0 Å². The lowest BCUT2D eigenvalue weighted by atomic mass is 9.85. The maximum absolute atomic E-state index is 13.8. The van der Waals surface area contributed by atoms with Crippen molar-refractivity contribution in [3.05, 3.63) is 150 Å². The van der Waals surface area contributed by atoms with Gasteiger partial charge in [0.05, 0.1) is 11.2 Å². The Balaban J connectivity index is 1.61. The van der Waals surface area contributed by atoms with Crippen molar-refractivity contribution in [1.82, 2.24) is 4.40 Å². The highest BCUT2D eigenvalue weighted by atomic mass is 16.1. The van der Waals surface area contributed by atoms with Crippen LogP contribution < -0.4 is 5.56 Å². The van der Waals surface area contributed by atoms with E-state index < -0.39 is 0 Å². The van der Waals surface area contributed by atoms with Gasteiger partial charge in [0, 0.05) is 21.7 Å². The Hall–Kier alpha value is -5.47. The summed E-state index contributed by atoms with van der Waals surface area (Å²) >= 11 is 0. The molecule has 0 spiro atoms. The molecule has 0 aliphatic rings. The molecule has 0 bridgehead atoms. The van der Waals surface area contributed by atoms with Crippen LogP contribution in [0.5, 0.6) is 0 Å². The summed E-state index contributed by atoms with van der Waals surface area (Å²) in [6.45, 7) is 8.20. The summed E-state index contributed by atoms with van der Waals surface area (Å²) in [5, 5.41) is 8.52. The van der Waals surface area contributed by atoms with E-state index in [-0.39, 0.29) is 5.56 Å². The third-order valence-electron chi connectivity index (χ3n) is 8.47. The van der Waals surface area contributed by atoms with Crippen molar-refractivity contribution in [2.24, 2.45) is 0 Å². The maximum Gasteiger partial charge on any atom is 0.263 e. The molecule has 0 fully saturated rings. The van der Waals surface area contributed by atoms with Crippen LogP contribution >= 0.6 is 0 Å². The number of hydrogen-bond donors (Lipinski definition) is 0. The average Bonchev–Trinajstić information content (AvgIpc) is 3.36. The van der Waals surface area contributed by atoms with E-state index in [1.165, 1.54) is 38.2 Å². The molecule has 2 heterocycles. The molecule has 0 aliphatic carbocycles. The molecule has 8 rings (SSSR count). The van der Waals surface area contributed by atoms with Gasteiger partial charge in [0.25, 0.3) is 5.56 Å². The molecule has 192 valence electrons. The zero-order chi connectivity index (χ0) is 27.7. The van der Waals surface area contributed by atoms with Crippen LogP contribution in [-0.4, -0.2) is 4.40 Å². The van der Waals surface area contributed by atoms with Crippen LogP contribution in [0.4, 0.5) is 0 Å². The fourth-order valence-electron chi connectivity index (χ4n) is 6.82. The second kappa shape index (κ2) is 8.77. The van der Waals surface area contributed by atoms with Crippen LogP contribution in [0.15, 0.2) is 133 Å². The lowest BCUT2D eigenvalue weighted by molar-refractivity contribution is 1.13. The molecule has 2 nitrogen and oxygen atoms in total. The summed E-state index contributed by atoms with van der Waals surface area (Å²) in [4.78, 5) is 13.8. The first-order valence-corrected chi connectivity index (χ1v) is 13.8. The Kier molecular flexibility index (Phi) is 5.01. The summed E-state index contributed by atoms with van der Waals surface area (Å²) < 4.78 is 1.81. The highest BCUT2D eigenvalue weighted by molar-refractivity contribution is 6.23. The van der Waals surface area contributed by atoms with Crippen molar-refractivity contribution in [2.45, 2.75) is 0 Å². The summed E-state index contributed by atoms with van der Waals surface area (Å²) in [5.41, 5.74) is 7.33. The number of pyridine rings is 1. The molecular weight excluding hydrogens is 498 g/mol. The fourth-order valence-corrected chi connectivity index (χ4v) is 6.82. The van der Waals surface area contributed by atoms with Crippen LogP contribution in [0.2, 0.25) is 0 Å². The van der Waals surface area contributed by atoms with E-state index in [1.807, 2.05) is 28.7 Å². The second-order valence-corrected chi connectivity index (χ2v) is 10.5. The molecule has 0 unspecified atom stereocenters. The van der Waals surface area contributed by atoms with Gasteiger partial charge in [-0.1, -0.05) is 116 Å². The Labute approximate surface area is 237 Å². The lowest BCUT2D eigenvalue weighted by Crippen LogP contribution is -2.14. The minimum Gasteiger partial charge on any atom is -0.275 e. The van der Waals surface area contributed by atoms with Crippen molar-refractivity contribution in [3.63, 3.8) is 0 Å². The van der Waals surface area contributed by atoms with E-state index in [9.17, 15) is 4.79 Å². The van der Waals surface area contributed by atoms with Crippen molar-refractivity contribution in [1.29, 1.82) is 0 Å². The predicted molar refractivity (Wildman–Crippen MR) is 176 cm³/mol. The SMILES string of the molecule is C=Cc1c(C=C)n2c(=O)c3ccccc3c3cc(-c4c5ccccc5c(-c5ccccc5)c5ccccc45)cc1c32. The summed E-state index contributed by atoms with van der Waals surface area (Å²) in [5.74, 6) is 0. The molecule has 0 saturated carbocycles. The van der Waals surface area contributed by atoms with E-state index in [0.29, 0.717) is 5.39 Å². The molecule has 6 aromatic carbocycles. The first-order chi connectivity index (χ1) is 20.2. The van der Waals surface area contributed by atoms with Gasteiger partial charge in [0.15, 0.2) is 0 Å². The number of rotatable bonds is 4. The van der Waals surface area contributed by atoms with Crippen LogP contribution in [0.3, 0.4) is 0 Å². The fraction of sp³-hybridized carbons (Fsp3) is 0. The number of nitrogens with zero attached hydrogens (tertiary/aromatic N) is 1. The Bertz CT molecular complexity index is 2350. The highest BCUT2D eigenvalue weighted by Gasteiger charge is 2.22. The largest absolute Gasteiger partial charge is 0.275 e. The van der Waals surface area contributed by atoms with Crippen molar-refractivity contribution in [3.8, 4) is 22.3 Å². The number of fused-ring (bicyclic) bond motifs is 4. The van der Waals surface area contributed by atoms with Gasteiger partial charge in [0.1, 0.15) is 0 Å². The Morgan fingerprint density at radius 3 is 1.54 bits per heavy atom. The number of hydrogen-bond acceptors (Lipinski definition) is 1. The smallest absolute Gasteiger partial charge is 0.263 e. The minimum absolute atomic E-state index is 0.0306. The van der Waals surface area contributed by atoms with E-state index in [1.54, 1.807) is 6.08 Å². The van der Waals surface area contributed by atoms with Gasteiger partial charge < -0.3 is 0 Å². The number of benzene rings is 6. The van der Waals surface area contributed by atoms with Gasteiger partial charge in [-0.2, -0.15) is 0 Å². The maximum atomic E-state index is 13.8. The zero-order valence-electron chi connectivity index (χ0n) is 22.4. The molecule has 0 N–H and O–H groups in total. The van der Waals surface area contributed by atoms with Gasteiger partial charge in [-0.25, -0.2) is 0 Å². The average molecular weight is 524 g/mol. The molecule has 41 heavy (non-hydrogen) atoms. The standard InChI is InChI=1S/C39H25NO/c1-3-26-33-22-25(23-34-27-16-8-13-21-32(27)39(41)40(38(33)34)35(26)4-2)37-30-19-11-9-17-28(30)36(24-14-6-5-7-15-24)29-18-10-12-20-31(29)37/h3-23H,1-2H2. The zero-order valence-corrected chi connectivity index (χ0v) is 22.4. The van der Waals surface area contributed by atoms with E-state index >= 15 is 0 Å². The third-order valence-corrected chi connectivity index (χ3v) is 8.47. The van der Waals surface area contributed by atoms with Crippen LogP contribution in [0, 0.1) is 0 Å². The highest BCUT2D eigenvalue weighted by Crippen LogP contribution is 2.45. The van der Waals surface area contributed by atoms with Gasteiger partial charge in [-0.05, 0) is 73.5 Å². The summed E-state index contributed by atoms with van der Waals surface area (Å²) in [7, 11) is 0. The monoisotopic (exact) mass is 523 g/mol. The third kappa shape index (κ3) is 3.16. The molecule has 0 saturated heterocycles. The topological polar surface area (TPSA) is 21.5 Å². The van der Waals surface area contributed by atoms with Gasteiger partial charge in [-0.3, -0.25) is 9.20 Å². The molecule has 8 aromatic rings. The normalized spacial score (nSPS) is 11.7. The van der Waals surface area contributed by atoms with Gasteiger partial charge >= 0.3 is 0 Å². The molecule has 2 aromatic heterocycles. The Morgan fingerprint density at radius 2 is 0.976 bits per heavy atom. The molecule has 0 radical (unpaired) electrons. The van der Waals surface area contributed by atoms with E-state index in [2.05, 4.69) is 110 Å². The lowest BCUT2D eigenvalue weighted by Gasteiger charge is -2.18. The first-order valence-electron chi connectivity index (χ1n) is 13.8. The second-order valence-electron chi connectivity index (χ2n) is 10.5.